The Balaban J connectivity index is 1.46. The van der Waals surface area contributed by atoms with Crippen molar-refractivity contribution in [1.82, 2.24) is 4.90 Å². The SMILES string of the molecule is [C-]#[N+]CN(C1=C([N+]#[C-])CN(C(=O)OCc2ccccc2)C1)c1ccc(Oc2ccccc2)cc1. The molecule has 0 saturated carbocycles. The van der Waals surface area contributed by atoms with E-state index in [4.69, 9.17) is 22.6 Å². The molecule has 1 heterocycles. The van der Waals surface area contributed by atoms with E-state index in [9.17, 15) is 4.79 Å². The first-order valence-electron chi connectivity index (χ1n) is 10.7. The van der Waals surface area contributed by atoms with Crippen molar-refractivity contribution in [2.75, 3.05) is 24.7 Å². The van der Waals surface area contributed by atoms with Crippen molar-refractivity contribution < 1.29 is 14.3 Å². The Morgan fingerprint density at radius 3 is 2.18 bits per heavy atom. The lowest BCUT2D eigenvalue weighted by atomic mass is 10.2. The Morgan fingerprint density at radius 1 is 0.882 bits per heavy atom. The predicted molar refractivity (Wildman–Crippen MR) is 129 cm³/mol. The molecule has 0 radical (unpaired) electrons. The zero-order valence-corrected chi connectivity index (χ0v) is 18.4. The van der Waals surface area contributed by atoms with E-state index < -0.39 is 6.09 Å². The third kappa shape index (κ3) is 5.35. The minimum atomic E-state index is -0.491. The molecule has 0 spiro atoms. The van der Waals surface area contributed by atoms with Crippen LogP contribution in [0.25, 0.3) is 9.69 Å². The van der Waals surface area contributed by atoms with Crippen molar-refractivity contribution >= 4 is 11.8 Å². The van der Waals surface area contributed by atoms with Gasteiger partial charge in [-0.05, 0) is 42.0 Å². The van der Waals surface area contributed by atoms with Gasteiger partial charge >= 0.3 is 6.09 Å². The number of ether oxygens (including phenoxy) is 2. The molecule has 4 rings (SSSR count). The third-order valence-electron chi connectivity index (χ3n) is 5.28. The number of para-hydroxylation sites is 1. The van der Waals surface area contributed by atoms with Crippen molar-refractivity contribution in [2.24, 2.45) is 0 Å². The molecule has 34 heavy (non-hydrogen) atoms. The molecule has 0 unspecified atom stereocenters. The van der Waals surface area contributed by atoms with Crippen molar-refractivity contribution in [1.29, 1.82) is 0 Å². The first kappa shape index (κ1) is 22.4. The molecule has 1 aliphatic rings. The van der Waals surface area contributed by atoms with E-state index in [-0.39, 0.29) is 26.4 Å². The zero-order valence-electron chi connectivity index (χ0n) is 18.4. The van der Waals surface area contributed by atoms with Crippen LogP contribution in [0.15, 0.2) is 96.3 Å². The second-order valence-electron chi connectivity index (χ2n) is 7.54. The van der Waals surface area contributed by atoms with E-state index in [1.165, 1.54) is 4.90 Å². The summed E-state index contributed by atoms with van der Waals surface area (Å²) in [4.78, 5) is 23.0. The summed E-state index contributed by atoms with van der Waals surface area (Å²) in [5.41, 5.74) is 2.68. The van der Waals surface area contributed by atoms with Gasteiger partial charge in [-0.25, -0.2) is 16.2 Å². The second-order valence-corrected chi connectivity index (χ2v) is 7.54. The van der Waals surface area contributed by atoms with Gasteiger partial charge in [-0.3, -0.25) is 9.74 Å². The van der Waals surface area contributed by atoms with Crippen molar-refractivity contribution in [2.45, 2.75) is 6.61 Å². The fourth-order valence-electron chi connectivity index (χ4n) is 3.59. The predicted octanol–water partition coefficient (Wildman–Crippen LogP) is 5.95. The van der Waals surface area contributed by atoms with Crippen molar-refractivity contribution in [3.05, 3.63) is 125 Å². The summed E-state index contributed by atoms with van der Waals surface area (Å²) in [6, 6.07) is 26.2. The van der Waals surface area contributed by atoms with E-state index in [2.05, 4.69) is 9.69 Å². The molecule has 3 aromatic carbocycles. The van der Waals surface area contributed by atoms with Crippen LogP contribution >= 0.6 is 0 Å². The maximum absolute atomic E-state index is 12.6. The lowest BCUT2D eigenvalue weighted by Gasteiger charge is -2.23. The van der Waals surface area contributed by atoms with Gasteiger partial charge in [0, 0.05) is 11.4 Å². The van der Waals surface area contributed by atoms with Crippen LogP contribution in [0.3, 0.4) is 0 Å². The summed E-state index contributed by atoms with van der Waals surface area (Å²) in [6.45, 7) is 15.6. The maximum Gasteiger partial charge on any atom is 0.409 e. The summed E-state index contributed by atoms with van der Waals surface area (Å²) in [6.07, 6.45) is -0.491. The number of nitrogens with zero attached hydrogens (tertiary/aromatic N) is 4. The molecular weight excluding hydrogens is 428 g/mol. The van der Waals surface area contributed by atoms with Crippen LogP contribution < -0.4 is 9.64 Å². The van der Waals surface area contributed by atoms with Crippen LogP contribution in [-0.4, -0.2) is 30.8 Å². The number of amides is 1. The van der Waals surface area contributed by atoms with E-state index in [1.54, 1.807) is 4.90 Å². The zero-order chi connectivity index (χ0) is 23.8. The van der Waals surface area contributed by atoms with E-state index >= 15 is 0 Å². The van der Waals surface area contributed by atoms with Crippen molar-refractivity contribution in [3.63, 3.8) is 0 Å². The molecule has 0 saturated heterocycles. The molecule has 7 nitrogen and oxygen atoms in total. The lowest BCUT2D eigenvalue weighted by Crippen LogP contribution is -2.32. The highest BCUT2D eigenvalue weighted by atomic mass is 16.6. The molecule has 1 aliphatic heterocycles. The van der Waals surface area contributed by atoms with Gasteiger partial charge in [0.05, 0.1) is 19.7 Å². The number of hydrogen-bond acceptors (Lipinski definition) is 4. The Hall–Kier alpha value is -4.75. The summed E-state index contributed by atoms with van der Waals surface area (Å²) in [7, 11) is 0. The number of carbonyl (C=O) groups is 1. The standard InChI is InChI=1S/C27H22N4O3/c1-28-20-31(22-13-15-24(16-14-22)34-23-11-7-4-8-12-23)26-18-30(17-25(26)29-2)27(32)33-19-21-9-5-3-6-10-21/h3-16H,17-20H2. The first-order valence-corrected chi connectivity index (χ1v) is 10.7. The number of benzene rings is 3. The van der Waals surface area contributed by atoms with E-state index in [0.29, 0.717) is 17.1 Å². The molecule has 0 atom stereocenters. The Bertz CT molecular complexity index is 1240. The van der Waals surface area contributed by atoms with Gasteiger partial charge in [0.15, 0.2) is 0 Å². The van der Waals surface area contributed by atoms with Gasteiger partial charge in [-0.2, -0.15) is 0 Å². The third-order valence-corrected chi connectivity index (χ3v) is 5.28. The average molecular weight is 450 g/mol. The molecule has 0 N–H and O–H groups in total. The topological polar surface area (TPSA) is 50.7 Å². The smallest absolute Gasteiger partial charge is 0.409 e. The number of hydrogen-bond donors (Lipinski definition) is 0. The van der Waals surface area contributed by atoms with Crippen LogP contribution in [0.5, 0.6) is 11.5 Å². The van der Waals surface area contributed by atoms with Crippen LogP contribution in [0.1, 0.15) is 5.56 Å². The van der Waals surface area contributed by atoms with Crippen LogP contribution in [0.4, 0.5) is 10.5 Å². The number of anilines is 1. The van der Waals surface area contributed by atoms with Gasteiger partial charge in [-0.15, -0.1) is 0 Å². The van der Waals surface area contributed by atoms with Gasteiger partial charge in [0.1, 0.15) is 18.1 Å². The summed E-state index contributed by atoms with van der Waals surface area (Å²) in [5.74, 6) is 1.39. The van der Waals surface area contributed by atoms with Gasteiger partial charge in [0.25, 0.3) is 6.67 Å². The molecule has 1 amide bonds. The Morgan fingerprint density at radius 2 is 1.53 bits per heavy atom. The highest BCUT2D eigenvalue weighted by molar-refractivity contribution is 5.71. The van der Waals surface area contributed by atoms with Gasteiger partial charge in [-0.1, -0.05) is 48.5 Å². The Kier molecular flexibility index (Phi) is 7.07. The molecule has 0 aromatic heterocycles. The van der Waals surface area contributed by atoms with Crippen LogP contribution in [0.2, 0.25) is 0 Å². The molecule has 3 aromatic rings. The summed E-state index contributed by atoms with van der Waals surface area (Å²) < 4.78 is 11.3. The quantitative estimate of drug-likeness (QED) is 0.418. The van der Waals surface area contributed by atoms with Gasteiger partial charge < -0.3 is 14.4 Å². The molecule has 0 fully saturated rings. The second kappa shape index (κ2) is 10.7. The summed E-state index contributed by atoms with van der Waals surface area (Å²) in [5, 5.41) is 0. The fraction of sp³-hybridized carbons (Fsp3) is 0.148. The molecule has 168 valence electrons. The highest BCUT2D eigenvalue weighted by Crippen LogP contribution is 2.30. The van der Waals surface area contributed by atoms with Crippen molar-refractivity contribution in [3.8, 4) is 11.5 Å². The lowest BCUT2D eigenvalue weighted by molar-refractivity contribution is 0.105. The number of rotatable bonds is 7. The highest BCUT2D eigenvalue weighted by Gasteiger charge is 2.32. The number of carbonyl (C=O) groups excluding carboxylic acids is 1. The first-order chi connectivity index (χ1) is 16.7. The molecule has 7 heteroatoms. The summed E-state index contributed by atoms with van der Waals surface area (Å²) >= 11 is 0. The van der Waals surface area contributed by atoms with Gasteiger partial charge in [0.2, 0.25) is 5.70 Å². The maximum atomic E-state index is 12.6. The Labute approximate surface area is 198 Å². The molecule has 0 aliphatic carbocycles. The van der Waals surface area contributed by atoms with Crippen LogP contribution in [-0.2, 0) is 11.3 Å². The monoisotopic (exact) mass is 450 g/mol. The largest absolute Gasteiger partial charge is 0.457 e. The van der Waals surface area contributed by atoms with E-state index in [0.717, 1.165) is 17.0 Å². The average Bonchev–Trinajstić information content (AvgIpc) is 3.32. The normalized spacial score (nSPS) is 12.6. The minimum absolute atomic E-state index is 0.0279. The van der Waals surface area contributed by atoms with E-state index in [1.807, 2.05) is 84.9 Å². The molecular formula is C27H22N4O3. The fourth-order valence-corrected chi connectivity index (χ4v) is 3.59. The minimum Gasteiger partial charge on any atom is -0.457 e. The molecule has 0 bridgehead atoms. The van der Waals surface area contributed by atoms with Crippen LogP contribution in [0, 0.1) is 13.1 Å².